The van der Waals surface area contributed by atoms with Crippen LogP contribution in [0.4, 0.5) is 5.69 Å². The van der Waals surface area contributed by atoms with Gasteiger partial charge in [-0.05, 0) is 46.0 Å². The first-order chi connectivity index (χ1) is 7.08. The lowest BCUT2D eigenvalue weighted by molar-refractivity contribution is 0.310. The van der Waals surface area contributed by atoms with Gasteiger partial charge in [0.25, 0.3) is 0 Å². The molecule has 1 aliphatic heterocycles. The second-order valence-electron chi connectivity index (χ2n) is 4.51. The third-order valence-electron chi connectivity index (χ3n) is 3.12. The first-order valence-electron chi connectivity index (χ1n) is 5.28. The van der Waals surface area contributed by atoms with Gasteiger partial charge in [-0.25, -0.2) is 0 Å². The molecule has 0 aliphatic carbocycles. The minimum Gasteiger partial charge on any atom is -0.371 e. The van der Waals surface area contributed by atoms with E-state index in [0.29, 0.717) is 0 Å². The number of hydrogen-bond acceptors (Lipinski definition) is 1. The summed E-state index contributed by atoms with van der Waals surface area (Å²) in [6.45, 7) is 6.90. The molecule has 0 aromatic heterocycles. The summed E-state index contributed by atoms with van der Waals surface area (Å²) < 4.78 is 0.967. The van der Waals surface area contributed by atoms with Crippen LogP contribution in [-0.4, -0.2) is 13.1 Å². The van der Waals surface area contributed by atoms with Gasteiger partial charge in [0.05, 0.1) is 5.02 Å². The van der Waals surface area contributed by atoms with Crippen LogP contribution in [0.25, 0.3) is 0 Å². The van der Waals surface area contributed by atoms with E-state index in [4.69, 9.17) is 11.6 Å². The fraction of sp³-hybridized carbons (Fsp3) is 0.500. The summed E-state index contributed by atoms with van der Waals surface area (Å²) in [4.78, 5) is 2.38. The summed E-state index contributed by atoms with van der Waals surface area (Å²) in [7, 11) is 0. The number of nitrogens with zero attached hydrogens (tertiary/aromatic N) is 1. The lowest BCUT2D eigenvalue weighted by Crippen LogP contribution is -2.49. The normalized spacial score (nSPS) is 17.0. The third kappa shape index (κ3) is 2.31. The summed E-state index contributed by atoms with van der Waals surface area (Å²) >= 11 is 9.47. The van der Waals surface area contributed by atoms with Gasteiger partial charge in [-0.15, -0.1) is 0 Å². The summed E-state index contributed by atoms with van der Waals surface area (Å²) in [5.41, 5.74) is 1.24. The highest BCUT2D eigenvalue weighted by Crippen LogP contribution is 2.33. The number of benzene rings is 1. The zero-order valence-corrected chi connectivity index (χ0v) is 11.3. The van der Waals surface area contributed by atoms with E-state index in [1.807, 2.05) is 12.1 Å². The van der Waals surface area contributed by atoms with Crippen LogP contribution in [0.5, 0.6) is 0 Å². The maximum Gasteiger partial charge on any atom is 0.0568 e. The first kappa shape index (κ1) is 11.3. The summed E-state index contributed by atoms with van der Waals surface area (Å²) in [6, 6.07) is 6.16. The number of halogens is 2. The Balaban J connectivity index is 2.04. The quantitative estimate of drug-likeness (QED) is 0.788. The molecule has 3 heteroatoms. The van der Waals surface area contributed by atoms with Crippen molar-refractivity contribution in [1.29, 1.82) is 0 Å². The fourth-order valence-corrected chi connectivity index (χ4v) is 2.25. The Kier molecular flexibility index (Phi) is 3.27. The van der Waals surface area contributed by atoms with E-state index in [-0.39, 0.29) is 0 Å². The summed E-state index contributed by atoms with van der Waals surface area (Å²) in [5.74, 6) is 1.62. The lowest BCUT2D eigenvalue weighted by Gasteiger charge is -2.43. The van der Waals surface area contributed by atoms with Crippen LogP contribution in [0, 0.1) is 11.8 Å². The van der Waals surface area contributed by atoms with Crippen molar-refractivity contribution in [1.82, 2.24) is 0 Å². The second kappa shape index (κ2) is 4.34. The molecule has 82 valence electrons. The molecule has 1 heterocycles. The van der Waals surface area contributed by atoms with Crippen LogP contribution < -0.4 is 4.90 Å². The Morgan fingerprint density at radius 3 is 2.60 bits per heavy atom. The predicted molar refractivity (Wildman–Crippen MR) is 69.7 cm³/mol. The first-order valence-corrected chi connectivity index (χ1v) is 6.45. The van der Waals surface area contributed by atoms with Crippen molar-refractivity contribution < 1.29 is 0 Å². The standard InChI is InChI=1S/C12H15BrClN/c1-8(2)9-6-15(7-9)10-3-4-11(13)12(14)5-10/h3-5,8-9H,6-7H2,1-2H3. The molecular weight excluding hydrogens is 273 g/mol. The van der Waals surface area contributed by atoms with Crippen molar-refractivity contribution in [2.75, 3.05) is 18.0 Å². The van der Waals surface area contributed by atoms with Gasteiger partial charge in [-0.3, -0.25) is 0 Å². The largest absolute Gasteiger partial charge is 0.371 e. The lowest BCUT2D eigenvalue weighted by atomic mass is 9.88. The van der Waals surface area contributed by atoms with Gasteiger partial charge in [0.2, 0.25) is 0 Å². The van der Waals surface area contributed by atoms with Crippen molar-refractivity contribution in [2.24, 2.45) is 11.8 Å². The SMILES string of the molecule is CC(C)C1CN(c2ccc(Br)c(Cl)c2)C1. The van der Waals surface area contributed by atoms with Crippen LogP contribution >= 0.6 is 27.5 Å². The van der Waals surface area contributed by atoms with Crippen molar-refractivity contribution >= 4 is 33.2 Å². The average molecular weight is 289 g/mol. The molecule has 2 rings (SSSR count). The molecule has 15 heavy (non-hydrogen) atoms. The Morgan fingerprint density at radius 2 is 2.07 bits per heavy atom. The van der Waals surface area contributed by atoms with Crippen molar-refractivity contribution in [3.8, 4) is 0 Å². The van der Waals surface area contributed by atoms with Crippen LogP contribution in [0.15, 0.2) is 22.7 Å². The van der Waals surface area contributed by atoms with Gasteiger partial charge in [-0.1, -0.05) is 25.4 Å². The highest BCUT2D eigenvalue weighted by atomic mass is 79.9. The highest BCUT2D eigenvalue weighted by Gasteiger charge is 2.29. The molecular formula is C12H15BrClN. The van der Waals surface area contributed by atoms with Gasteiger partial charge >= 0.3 is 0 Å². The molecule has 1 fully saturated rings. The summed E-state index contributed by atoms with van der Waals surface area (Å²) in [6.07, 6.45) is 0. The van der Waals surface area contributed by atoms with Crippen LogP contribution in [0.2, 0.25) is 5.02 Å². The molecule has 0 spiro atoms. The van der Waals surface area contributed by atoms with E-state index in [1.165, 1.54) is 5.69 Å². The second-order valence-corrected chi connectivity index (χ2v) is 5.77. The minimum absolute atomic E-state index is 0.784. The van der Waals surface area contributed by atoms with Crippen molar-refractivity contribution in [3.05, 3.63) is 27.7 Å². The van der Waals surface area contributed by atoms with Crippen LogP contribution in [0.3, 0.4) is 0 Å². The molecule has 1 aliphatic rings. The molecule has 0 unspecified atom stereocenters. The van der Waals surface area contributed by atoms with Gasteiger partial charge in [-0.2, -0.15) is 0 Å². The molecule has 1 nitrogen and oxygen atoms in total. The maximum atomic E-state index is 6.06. The average Bonchev–Trinajstić information content (AvgIpc) is 2.08. The number of anilines is 1. The zero-order valence-electron chi connectivity index (χ0n) is 9.00. The van der Waals surface area contributed by atoms with Gasteiger partial charge in [0, 0.05) is 23.2 Å². The molecule has 0 atom stereocenters. The molecule has 1 aromatic carbocycles. The van der Waals surface area contributed by atoms with Crippen molar-refractivity contribution in [3.63, 3.8) is 0 Å². The molecule has 0 amide bonds. The van der Waals surface area contributed by atoms with E-state index in [2.05, 4.69) is 40.7 Å². The summed E-state index contributed by atoms with van der Waals surface area (Å²) in [5, 5.41) is 0.792. The van der Waals surface area contributed by atoms with E-state index >= 15 is 0 Å². The van der Waals surface area contributed by atoms with E-state index in [1.54, 1.807) is 0 Å². The monoisotopic (exact) mass is 287 g/mol. The molecule has 1 saturated heterocycles. The molecule has 0 N–H and O–H groups in total. The van der Waals surface area contributed by atoms with E-state index in [9.17, 15) is 0 Å². The van der Waals surface area contributed by atoms with Gasteiger partial charge < -0.3 is 4.90 Å². The molecule has 1 aromatic rings. The Bertz CT molecular complexity index is 359. The molecule has 0 radical (unpaired) electrons. The van der Waals surface area contributed by atoms with Gasteiger partial charge in [0.15, 0.2) is 0 Å². The third-order valence-corrected chi connectivity index (χ3v) is 4.35. The van der Waals surface area contributed by atoms with Crippen LogP contribution in [0.1, 0.15) is 13.8 Å². The maximum absolute atomic E-state index is 6.06. The predicted octanol–water partition coefficient (Wildman–Crippen LogP) is 4.19. The van der Waals surface area contributed by atoms with E-state index in [0.717, 1.165) is 34.4 Å². The van der Waals surface area contributed by atoms with Crippen molar-refractivity contribution in [2.45, 2.75) is 13.8 Å². The smallest absolute Gasteiger partial charge is 0.0568 e. The van der Waals surface area contributed by atoms with E-state index < -0.39 is 0 Å². The Morgan fingerprint density at radius 1 is 1.40 bits per heavy atom. The highest BCUT2D eigenvalue weighted by molar-refractivity contribution is 9.10. The molecule has 0 bridgehead atoms. The Hall–Kier alpha value is -0.210. The Labute approximate surface area is 105 Å². The number of hydrogen-bond donors (Lipinski definition) is 0. The topological polar surface area (TPSA) is 3.24 Å². The number of rotatable bonds is 2. The zero-order chi connectivity index (χ0) is 11.0. The van der Waals surface area contributed by atoms with Crippen LogP contribution in [-0.2, 0) is 0 Å². The fourth-order valence-electron chi connectivity index (χ4n) is 1.83. The minimum atomic E-state index is 0.784. The van der Waals surface area contributed by atoms with Gasteiger partial charge in [0.1, 0.15) is 0 Å². The molecule has 0 saturated carbocycles.